The Hall–Kier alpha value is -3.81. The molecule has 1 heterocycles. The van der Waals surface area contributed by atoms with Crippen molar-refractivity contribution in [3.63, 3.8) is 0 Å². The monoisotopic (exact) mass is 524 g/mol. The molecule has 0 aliphatic carbocycles. The van der Waals surface area contributed by atoms with Crippen LogP contribution in [0.1, 0.15) is 19.0 Å². The summed E-state index contributed by atoms with van der Waals surface area (Å²) in [5.41, 5.74) is -5.46. The molecule has 1 aromatic carbocycles. The molecule has 2 rings (SSSR count). The van der Waals surface area contributed by atoms with Gasteiger partial charge < -0.3 is 19.3 Å². The molecule has 15 heteroatoms. The molecule has 190 valence electrons. The number of nitrogens with zero attached hydrogens (tertiary/aromatic N) is 2. The number of carbonyl (C=O) groups excluding carboxylic acids is 1. The summed E-state index contributed by atoms with van der Waals surface area (Å²) in [5, 5.41) is 8.94. The molecule has 0 spiro atoms. The second-order valence-electron chi connectivity index (χ2n) is 6.74. The maximum absolute atomic E-state index is 14.6. The molecule has 0 fully saturated rings. The lowest BCUT2D eigenvalue weighted by atomic mass is 10.2. The number of alkyl halides is 3. The maximum atomic E-state index is 14.6. The Morgan fingerprint density at radius 2 is 1.80 bits per heavy atom. The van der Waals surface area contributed by atoms with Crippen molar-refractivity contribution in [1.29, 1.82) is 0 Å². The summed E-state index contributed by atoms with van der Waals surface area (Å²) in [5.74, 6) is -5.32. The summed E-state index contributed by atoms with van der Waals surface area (Å²) >= 11 is 5.90. The van der Waals surface area contributed by atoms with E-state index in [0.29, 0.717) is 12.1 Å². The van der Waals surface area contributed by atoms with Crippen LogP contribution in [0, 0.1) is 5.82 Å². The van der Waals surface area contributed by atoms with Gasteiger partial charge in [-0.15, -0.1) is 0 Å². The van der Waals surface area contributed by atoms with Crippen LogP contribution in [0.25, 0.3) is 5.69 Å². The second-order valence-corrected chi connectivity index (χ2v) is 7.15. The van der Waals surface area contributed by atoms with E-state index in [1.165, 1.54) is 6.92 Å². The van der Waals surface area contributed by atoms with Crippen molar-refractivity contribution in [3.8, 4) is 11.4 Å². The van der Waals surface area contributed by atoms with Gasteiger partial charge in [0, 0.05) is 19.2 Å². The number of hydrogen-bond donors (Lipinski definition) is 1. The molecular formula is C20H17ClF4N2O8. The Morgan fingerprint density at radius 1 is 1.17 bits per heavy atom. The smallest absolute Gasteiger partial charge is 0.431 e. The zero-order valence-corrected chi connectivity index (χ0v) is 19.0. The van der Waals surface area contributed by atoms with Crippen LogP contribution in [0.4, 0.5) is 17.6 Å². The second kappa shape index (κ2) is 10.6. The van der Waals surface area contributed by atoms with Gasteiger partial charge in [0.2, 0.25) is 5.76 Å². The Morgan fingerprint density at radius 3 is 2.34 bits per heavy atom. The third kappa shape index (κ3) is 6.20. The van der Waals surface area contributed by atoms with Crippen LogP contribution in [0.5, 0.6) is 5.75 Å². The van der Waals surface area contributed by atoms with Gasteiger partial charge in [-0.2, -0.15) is 13.2 Å². The molecule has 0 bridgehead atoms. The van der Waals surface area contributed by atoms with Crippen molar-refractivity contribution < 1.29 is 46.5 Å². The first kappa shape index (κ1) is 27.4. The van der Waals surface area contributed by atoms with Crippen molar-refractivity contribution in [2.75, 3.05) is 13.7 Å². The lowest BCUT2D eigenvalue weighted by Crippen LogP contribution is -2.41. The number of hydrogen-bond acceptors (Lipinski definition) is 7. The van der Waals surface area contributed by atoms with Crippen molar-refractivity contribution in [2.45, 2.75) is 19.5 Å². The number of ether oxygens (including phenoxy) is 3. The first-order chi connectivity index (χ1) is 16.2. The normalized spacial score (nSPS) is 12.1. The topological polar surface area (TPSA) is 126 Å². The number of carboxylic acid groups (broad SMARTS) is 1. The van der Waals surface area contributed by atoms with Crippen LogP contribution in [-0.2, 0) is 32.3 Å². The SMILES string of the molecule is COC(=O)CCO/C(C)=C(/Oc1cc(-n2c(=O)cc(C(F)(F)F)n(C)c2=O)c(F)cc1Cl)C(=O)O. The molecule has 0 atom stereocenters. The fraction of sp³-hybridized carbons (Fsp3) is 0.300. The number of halogens is 5. The van der Waals surface area contributed by atoms with E-state index < -0.39 is 63.1 Å². The molecule has 1 N–H and O–H groups in total. The minimum atomic E-state index is -5.04. The lowest BCUT2D eigenvalue weighted by molar-refractivity contribution is -0.144. The molecule has 0 saturated heterocycles. The summed E-state index contributed by atoms with van der Waals surface area (Å²) in [6.07, 6.45) is -5.26. The highest BCUT2D eigenvalue weighted by Crippen LogP contribution is 2.32. The standard InChI is InChI=1S/C20H17ClF4N2O8/c1-9(34-5-4-16(29)33-3)17(18(30)31)35-13-7-12(11(22)6-10(13)21)27-15(28)8-14(20(23,24)25)26(2)19(27)32/h6-8H,4-5H2,1-3H3,(H,30,31)/b17-9+. The van der Waals surface area contributed by atoms with E-state index in [1.807, 2.05) is 0 Å². The fourth-order valence-corrected chi connectivity index (χ4v) is 2.91. The summed E-state index contributed by atoms with van der Waals surface area (Å²) in [6, 6.07) is 1.33. The highest BCUT2D eigenvalue weighted by molar-refractivity contribution is 6.32. The number of allylic oxidation sites excluding steroid dienone is 1. The van der Waals surface area contributed by atoms with Crippen LogP contribution in [0.3, 0.4) is 0 Å². The van der Waals surface area contributed by atoms with Crippen molar-refractivity contribution in [1.82, 2.24) is 9.13 Å². The zero-order valence-electron chi connectivity index (χ0n) is 18.2. The lowest BCUT2D eigenvalue weighted by Gasteiger charge is -2.16. The average molecular weight is 525 g/mol. The predicted molar refractivity (Wildman–Crippen MR) is 111 cm³/mol. The number of rotatable bonds is 8. The molecule has 0 radical (unpaired) electrons. The molecule has 1 aromatic heterocycles. The first-order valence-electron chi connectivity index (χ1n) is 9.40. The van der Waals surface area contributed by atoms with E-state index in [0.717, 1.165) is 14.2 Å². The predicted octanol–water partition coefficient (Wildman–Crippen LogP) is 2.62. The molecule has 10 nitrogen and oxygen atoms in total. The molecule has 0 aliphatic rings. The van der Waals surface area contributed by atoms with E-state index >= 15 is 0 Å². The number of esters is 1. The maximum Gasteiger partial charge on any atom is 0.431 e. The Balaban J connectivity index is 2.57. The highest BCUT2D eigenvalue weighted by atomic mass is 35.5. The van der Waals surface area contributed by atoms with Crippen LogP contribution in [-0.4, -0.2) is 39.9 Å². The Labute approximate surface area is 198 Å². The van der Waals surface area contributed by atoms with Gasteiger partial charge in [-0.05, 0) is 13.0 Å². The summed E-state index contributed by atoms with van der Waals surface area (Å²) < 4.78 is 68.7. The number of aliphatic carboxylic acids is 1. The van der Waals surface area contributed by atoms with Gasteiger partial charge in [0.1, 0.15) is 23.0 Å². The van der Waals surface area contributed by atoms with E-state index in [1.54, 1.807) is 0 Å². The van der Waals surface area contributed by atoms with Crippen molar-refractivity contribution >= 4 is 23.5 Å². The molecule has 2 aromatic rings. The number of benzene rings is 1. The fourth-order valence-electron chi connectivity index (χ4n) is 2.72. The number of carbonyl (C=O) groups is 2. The molecule has 35 heavy (non-hydrogen) atoms. The number of methoxy groups -OCH3 is 1. The van der Waals surface area contributed by atoms with E-state index in [2.05, 4.69) is 4.74 Å². The summed E-state index contributed by atoms with van der Waals surface area (Å²) in [6.45, 7) is 0.896. The van der Waals surface area contributed by atoms with Crippen LogP contribution >= 0.6 is 11.6 Å². The van der Waals surface area contributed by atoms with E-state index in [4.69, 9.17) is 21.1 Å². The van der Waals surface area contributed by atoms with Crippen LogP contribution in [0.2, 0.25) is 5.02 Å². The van der Waals surface area contributed by atoms with Crippen molar-refractivity contribution in [3.05, 3.63) is 67.1 Å². The third-order valence-electron chi connectivity index (χ3n) is 4.43. The van der Waals surface area contributed by atoms with E-state index in [9.17, 15) is 41.8 Å². The highest BCUT2D eigenvalue weighted by Gasteiger charge is 2.35. The quantitative estimate of drug-likeness (QED) is 0.242. The van der Waals surface area contributed by atoms with Gasteiger partial charge in [-0.3, -0.25) is 14.2 Å². The van der Waals surface area contributed by atoms with Gasteiger partial charge in [-0.25, -0.2) is 18.5 Å². The Bertz CT molecular complexity index is 1310. The number of aromatic nitrogens is 2. The minimum Gasteiger partial charge on any atom is -0.493 e. The Kier molecular flexibility index (Phi) is 8.33. The van der Waals surface area contributed by atoms with Crippen LogP contribution in [0.15, 0.2) is 39.3 Å². The minimum absolute atomic E-state index is 0.0949. The molecular weight excluding hydrogens is 508 g/mol. The van der Waals surface area contributed by atoms with Gasteiger partial charge in [0.05, 0.1) is 30.8 Å². The zero-order chi connectivity index (χ0) is 26.7. The molecule has 0 saturated carbocycles. The number of carboxylic acids is 1. The summed E-state index contributed by atoms with van der Waals surface area (Å²) in [7, 11) is 1.87. The van der Waals surface area contributed by atoms with Gasteiger partial charge in [0.15, 0.2) is 0 Å². The summed E-state index contributed by atoms with van der Waals surface area (Å²) in [4.78, 5) is 47.5. The molecule has 0 unspecified atom stereocenters. The first-order valence-corrected chi connectivity index (χ1v) is 9.78. The van der Waals surface area contributed by atoms with Crippen molar-refractivity contribution in [2.24, 2.45) is 7.05 Å². The van der Waals surface area contributed by atoms with Gasteiger partial charge >= 0.3 is 23.8 Å². The average Bonchev–Trinajstić information content (AvgIpc) is 2.75. The molecule has 0 amide bonds. The largest absolute Gasteiger partial charge is 0.493 e. The van der Waals surface area contributed by atoms with E-state index in [-0.39, 0.29) is 34.0 Å². The van der Waals surface area contributed by atoms with Crippen LogP contribution < -0.4 is 16.0 Å². The molecule has 0 aliphatic heterocycles. The third-order valence-corrected chi connectivity index (χ3v) is 4.73. The van der Waals surface area contributed by atoms with Gasteiger partial charge in [0.25, 0.3) is 5.56 Å². The van der Waals surface area contributed by atoms with Gasteiger partial charge in [-0.1, -0.05) is 11.6 Å².